The van der Waals surface area contributed by atoms with Gasteiger partial charge in [-0.05, 0) is 47.5 Å². The number of amides is 1. The standard InChI is InChI=1S/C27H32N2O6/c1-28(2)23-10-7-13-26(16-23)34-19-33-20-35-27(30)29(17-21-8-5-11-24(14-21)31-3)18-22-9-6-12-25(15-22)32-4/h5-16H,17-20H2,1-4H3. The first-order valence-corrected chi connectivity index (χ1v) is 11.1. The molecule has 0 saturated carbocycles. The molecule has 186 valence electrons. The van der Waals surface area contributed by atoms with Crippen LogP contribution in [0.4, 0.5) is 10.5 Å². The number of hydrogen-bond donors (Lipinski definition) is 0. The van der Waals surface area contributed by atoms with Crippen molar-refractivity contribution < 1.29 is 28.5 Å². The van der Waals surface area contributed by atoms with Crippen LogP contribution >= 0.6 is 0 Å². The van der Waals surface area contributed by atoms with Gasteiger partial charge in [0.15, 0.2) is 13.6 Å². The van der Waals surface area contributed by atoms with Crippen molar-refractivity contribution in [2.75, 3.05) is 46.8 Å². The maximum atomic E-state index is 12.9. The van der Waals surface area contributed by atoms with E-state index in [9.17, 15) is 4.79 Å². The number of anilines is 1. The van der Waals surface area contributed by atoms with Gasteiger partial charge >= 0.3 is 6.09 Å². The van der Waals surface area contributed by atoms with Crippen molar-refractivity contribution in [2.24, 2.45) is 0 Å². The fourth-order valence-electron chi connectivity index (χ4n) is 3.35. The molecule has 0 spiro atoms. The minimum absolute atomic E-state index is 0.0457. The van der Waals surface area contributed by atoms with E-state index in [0.29, 0.717) is 18.8 Å². The summed E-state index contributed by atoms with van der Waals surface area (Å²) >= 11 is 0. The highest BCUT2D eigenvalue weighted by Gasteiger charge is 2.17. The van der Waals surface area contributed by atoms with Gasteiger partial charge in [-0.15, -0.1) is 0 Å². The molecule has 0 aromatic heterocycles. The zero-order valence-electron chi connectivity index (χ0n) is 20.6. The Labute approximate surface area is 206 Å². The summed E-state index contributed by atoms with van der Waals surface area (Å²) in [4.78, 5) is 16.5. The molecule has 0 saturated heterocycles. The molecule has 3 aromatic rings. The highest BCUT2D eigenvalue weighted by Crippen LogP contribution is 2.20. The third-order valence-corrected chi connectivity index (χ3v) is 5.18. The first-order valence-electron chi connectivity index (χ1n) is 11.1. The summed E-state index contributed by atoms with van der Waals surface area (Å²) in [5, 5.41) is 0. The molecule has 0 radical (unpaired) electrons. The predicted octanol–water partition coefficient (Wildman–Crippen LogP) is 4.92. The number of methoxy groups -OCH3 is 2. The van der Waals surface area contributed by atoms with E-state index in [4.69, 9.17) is 23.7 Å². The highest BCUT2D eigenvalue weighted by atomic mass is 16.7. The Hall–Kier alpha value is -3.91. The van der Waals surface area contributed by atoms with Crippen molar-refractivity contribution in [1.29, 1.82) is 0 Å². The molecule has 8 nitrogen and oxygen atoms in total. The first kappa shape index (κ1) is 25.7. The van der Waals surface area contributed by atoms with E-state index in [1.165, 1.54) is 0 Å². The van der Waals surface area contributed by atoms with Gasteiger partial charge in [0.1, 0.15) is 17.2 Å². The molecule has 0 heterocycles. The summed E-state index contributed by atoms with van der Waals surface area (Å²) in [6, 6.07) is 22.7. The summed E-state index contributed by atoms with van der Waals surface area (Å²) in [5.41, 5.74) is 2.84. The van der Waals surface area contributed by atoms with Crippen LogP contribution in [0, 0.1) is 0 Å². The van der Waals surface area contributed by atoms with E-state index in [1.54, 1.807) is 19.1 Å². The number of ether oxygens (including phenoxy) is 5. The van der Waals surface area contributed by atoms with Gasteiger partial charge in [0, 0.05) is 38.9 Å². The van der Waals surface area contributed by atoms with Crippen molar-refractivity contribution in [2.45, 2.75) is 13.1 Å². The van der Waals surface area contributed by atoms with Crippen molar-refractivity contribution >= 4 is 11.8 Å². The van der Waals surface area contributed by atoms with Crippen LogP contribution in [0.2, 0.25) is 0 Å². The Bertz CT molecular complexity index is 1040. The van der Waals surface area contributed by atoms with E-state index in [0.717, 1.165) is 28.3 Å². The molecule has 1 amide bonds. The lowest BCUT2D eigenvalue weighted by Crippen LogP contribution is -2.31. The summed E-state index contributed by atoms with van der Waals surface area (Å²) in [6.45, 7) is 0.386. The van der Waals surface area contributed by atoms with Gasteiger partial charge in [-0.1, -0.05) is 30.3 Å². The topological polar surface area (TPSA) is 69.7 Å². The zero-order chi connectivity index (χ0) is 25.0. The second kappa shape index (κ2) is 13.1. The van der Waals surface area contributed by atoms with Gasteiger partial charge in [0.05, 0.1) is 14.2 Å². The number of benzene rings is 3. The van der Waals surface area contributed by atoms with Crippen LogP contribution in [-0.4, -0.2) is 52.9 Å². The third kappa shape index (κ3) is 8.12. The average Bonchev–Trinajstić information content (AvgIpc) is 2.88. The number of carbonyl (C=O) groups excluding carboxylic acids is 1. The Morgan fingerprint density at radius 1 is 0.743 bits per heavy atom. The molecule has 0 unspecified atom stereocenters. The number of nitrogens with zero attached hydrogens (tertiary/aromatic N) is 2. The highest BCUT2D eigenvalue weighted by molar-refractivity contribution is 5.67. The van der Waals surface area contributed by atoms with Crippen molar-refractivity contribution in [1.82, 2.24) is 4.90 Å². The lowest BCUT2D eigenvalue weighted by atomic mass is 10.1. The molecule has 0 fully saturated rings. The van der Waals surface area contributed by atoms with Gasteiger partial charge in [0.25, 0.3) is 0 Å². The van der Waals surface area contributed by atoms with Gasteiger partial charge in [-0.25, -0.2) is 4.79 Å². The molecular formula is C27H32N2O6. The SMILES string of the molecule is COc1cccc(CN(Cc2cccc(OC)c2)C(=O)OCOCOc2cccc(N(C)C)c2)c1. The second-order valence-electron chi connectivity index (χ2n) is 7.95. The molecule has 0 aliphatic rings. The third-order valence-electron chi connectivity index (χ3n) is 5.18. The van der Waals surface area contributed by atoms with E-state index < -0.39 is 6.09 Å². The van der Waals surface area contributed by atoms with Gasteiger partial charge in [-0.2, -0.15) is 0 Å². The molecule has 8 heteroatoms. The first-order chi connectivity index (χ1) is 17.0. The molecule has 35 heavy (non-hydrogen) atoms. The summed E-state index contributed by atoms with van der Waals surface area (Å²) in [7, 11) is 7.13. The molecule has 0 aliphatic heterocycles. The molecule has 0 bridgehead atoms. The van der Waals surface area contributed by atoms with Crippen molar-refractivity contribution in [3.63, 3.8) is 0 Å². The van der Waals surface area contributed by atoms with Crippen LogP contribution in [-0.2, 0) is 22.6 Å². The predicted molar refractivity (Wildman–Crippen MR) is 134 cm³/mol. The Kier molecular flexibility index (Phi) is 9.62. The quantitative estimate of drug-likeness (QED) is 0.269. The zero-order valence-corrected chi connectivity index (χ0v) is 20.6. The summed E-state index contributed by atoms with van der Waals surface area (Å²) in [5.74, 6) is 2.10. The molecule has 3 rings (SSSR count). The van der Waals surface area contributed by atoms with Crippen LogP contribution in [0.1, 0.15) is 11.1 Å². The van der Waals surface area contributed by atoms with Gasteiger partial charge < -0.3 is 28.6 Å². The van der Waals surface area contributed by atoms with Gasteiger partial charge in [-0.3, -0.25) is 4.90 Å². The monoisotopic (exact) mass is 480 g/mol. The van der Waals surface area contributed by atoms with Crippen LogP contribution in [0.15, 0.2) is 72.8 Å². The fraction of sp³-hybridized carbons (Fsp3) is 0.296. The van der Waals surface area contributed by atoms with E-state index >= 15 is 0 Å². The molecule has 0 N–H and O–H groups in total. The van der Waals surface area contributed by atoms with E-state index in [1.807, 2.05) is 91.8 Å². The molecule has 0 aliphatic carbocycles. The molecule has 0 atom stereocenters. The van der Waals surface area contributed by atoms with Crippen LogP contribution in [0.25, 0.3) is 0 Å². The van der Waals surface area contributed by atoms with E-state index in [-0.39, 0.29) is 13.6 Å². The maximum Gasteiger partial charge on any atom is 0.412 e. The van der Waals surface area contributed by atoms with Crippen molar-refractivity contribution in [3.05, 3.63) is 83.9 Å². The lowest BCUT2D eigenvalue weighted by molar-refractivity contribution is -0.0780. The summed E-state index contributed by atoms with van der Waals surface area (Å²) in [6.07, 6.45) is -0.509. The Balaban J connectivity index is 1.58. The van der Waals surface area contributed by atoms with Crippen LogP contribution < -0.4 is 19.1 Å². The lowest BCUT2D eigenvalue weighted by Gasteiger charge is -2.23. The number of hydrogen-bond acceptors (Lipinski definition) is 7. The largest absolute Gasteiger partial charge is 0.497 e. The second-order valence-corrected chi connectivity index (χ2v) is 7.95. The number of rotatable bonds is 12. The minimum atomic E-state index is -0.509. The Morgan fingerprint density at radius 2 is 1.31 bits per heavy atom. The van der Waals surface area contributed by atoms with E-state index in [2.05, 4.69) is 0 Å². The number of carbonyl (C=O) groups is 1. The molecule has 3 aromatic carbocycles. The minimum Gasteiger partial charge on any atom is -0.497 e. The smallest absolute Gasteiger partial charge is 0.412 e. The van der Waals surface area contributed by atoms with Gasteiger partial charge in [0.2, 0.25) is 0 Å². The Morgan fingerprint density at radius 3 is 1.89 bits per heavy atom. The van der Waals surface area contributed by atoms with Crippen molar-refractivity contribution in [3.8, 4) is 17.2 Å². The maximum absolute atomic E-state index is 12.9. The summed E-state index contributed by atoms with van der Waals surface area (Å²) < 4.78 is 27.0. The average molecular weight is 481 g/mol. The van der Waals surface area contributed by atoms with Crippen LogP contribution in [0.3, 0.4) is 0 Å². The van der Waals surface area contributed by atoms with Crippen LogP contribution in [0.5, 0.6) is 17.2 Å². The fourth-order valence-corrected chi connectivity index (χ4v) is 3.35. The normalized spacial score (nSPS) is 10.4. The molecular weight excluding hydrogens is 448 g/mol.